The molecule has 3 aromatic rings. The zero-order chi connectivity index (χ0) is 22.5. The molecule has 3 N–H and O–H groups in total. The van der Waals surface area contributed by atoms with Gasteiger partial charge in [-0.05, 0) is 43.5 Å². The van der Waals surface area contributed by atoms with E-state index in [0.29, 0.717) is 30.8 Å². The molecule has 2 heterocycles. The summed E-state index contributed by atoms with van der Waals surface area (Å²) in [4.78, 5) is 25.3. The topological polar surface area (TPSA) is 121 Å². The van der Waals surface area contributed by atoms with Crippen LogP contribution in [0.5, 0.6) is 0 Å². The smallest absolute Gasteiger partial charge is 0.321 e. The number of aromatic nitrogens is 3. The van der Waals surface area contributed by atoms with Gasteiger partial charge in [-0.25, -0.2) is 10.2 Å². The van der Waals surface area contributed by atoms with Crippen LogP contribution in [0.25, 0.3) is 11.3 Å². The molecule has 0 aliphatic carbocycles. The van der Waals surface area contributed by atoms with Gasteiger partial charge in [0, 0.05) is 17.7 Å². The van der Waals surface area contributed by atoms with Crippen molar-refractivity contribution in [3.63, 3.8) is 0 Å². The van der Waals surface area contributed by atoms with E-state index in [1.165, 1.54) is 5.56 Å². The fourth-order valence-corrected chi connectivity index (χ4v) is 4.15. The van der Waals surface area contributed by atoms with E-state index in [1.54, 1.807) is 40.6 Å². The number of carboxylic acid groups (broad SMARTS) is 1. The number of nitrogens with zero attached hydrogens (tertiary/aromatic N) is 4. The number of carbonyl (C=O) groups excluding carboxylic acids is 1. The highest BCUT2D eigenvalue weighted by molar-refractivity contribution is 5.93. The first-order valence-corrected chi connectivity index (χ1v) is 10.5. The lowest BCUT2D eigenvalue weighted by atomic mass is 10.1. The van der Waals surface area contributed by atoms with Crippen LogP contribution in [-0.4, -0.2) is 61.2 Å². The fourth-order valence-electron chi connectivity index (χ4n) is 4.15. The van der Waals surface area contributed by atoms with Crippen molar-refractivity contribution in [3.8, 4) is 11.3 Å². The Hall–Kier alpha value is -3.56. The summed E-state index contributed by atoms with van der Waals surface area (Å²) in [5.41, 5.74) is 4.59. The molecule has 9 heteroatoms. The van der Waals surface area contributed by atoms with Crippen molar-refractivity contribution in [3.05, 3.63) is 71.9 Å². The highest BCUT2D eigenvalue weighted by Crippen LogP contribution is 2.29. The molecule has 1 fully saturated rings. The molecule has 0 radical (unpaired) electrons. The first kappa shape index (κ1) is 21.7. The predicted octanol–water partition coefficient (Wildman–Crippen LogP) is 2.40. The van der Waals surface area contributed by atoms with Crippen LogP contribution in [0.2, 0.25) is 0 Å². The summed E-state index contributed by atoms with van der Waals surface area (Å²) in [6.07, 6.45) is 4.07. The van der Waals surface area contributed by atoms with Gasteiger partial charge in [-0.1, -0.05) is 47.7 Å². The SMILES string of the molecule is O=C(NO)c1ccc(-c2cn([C@H]3C[C@@H](C(=O)O)N(CCCc4ccccc4)C3)nn2)cc1. The Bertz CT molecular complexity index is 1070. The largest absolute Gasteiger partial charge is 0.480 e. The van der Waals surface area contributed by atoms with Crippen LogP contribution in [0.1, 0.15) is 34.8 Å². The maximum Gasteiger partial charge on any atom is 0.321 e. The van der Waals surface area contributed by atoms with E-state index < -0.39 is 17.9 Å². The third kappa shape index (κ3) is 4.84. The first-order valence-electron chi connectivity index (χ1n) is 10.5. The van der Waals surface area contributed by atoms with E-state index in [-0.39, 0.29) is 6.04 Å². The van der Waals surface area contributed by atoms with Gasteiger partial charge in [0.2, 0.25) is 0 Å². The molecule has 1 saturated heterocycles. The van der Waals surface area contributed by atoms with E-state index in [9.17, 15) is 14.7 Å². The van der Waals surface area contributed by atoms with E-state index in [1.807, 2.05) is 23.1 Å². The van der Waals surface area contributed by atoms with Gasteiger partial charge in [-0.2, -0.15) is 0 Å². The number of carbonyl (C=O) groups is 2. The summed E-state index contributed by atoms with van der Waals surface area (Å²) in [5.74, 6) is -1.40. The van der Waals surface area contributed by atoms with E-state index >= 15 is 0 Å². The molecule has 2 atom stereocenters. The summed E-state index contributed by atoms with van der Waals surface area (Å²) < 4.78 is 1.73. The number of hydroxylamine groups is 1. The Kier molecular flexibility index (Phi) is 6.58. The molecule has 166 valence electrons. The number of hydrogen-bond acceptors (Lipinski definition) is 6. The van der Waals surface area contributed by atoms with E-state index in [2.05, 4.69) is 22.4 Å². The third-order valence-corrected chi connectivity index (χ3v) is 5.85. The molecule has 0 unspecified atom stereocenters. The number of likely N-dealkylation sites (tertiary alicyclic amines) is 1. The molecule has 0 spiro atoms. The molecule has 0 saturated carbocycles. The number of benzene rings is 2. The molecule has 1 aliphatic heterocycles. The van der Waals surface area contributed by atoms with Crippen molar-refractivity contribution < 1.29 is 19.9 Å². The van der Waals surface area contributed by atoms with Crippen LogP contribution in [0, 0.1) is 0 Å². The van der Waals surface area contributed by atoms with Crippen molar-refractivity contribution in [1.29, 1.82) is 0 Å². The van der Waals surface area contributed by atoms with Gasteiger partial charge in [-0.3, -0.25) is 19.7 Å². The van der Waals surface area contributed by atoms with Crippen LogP contribution in [-0.2, 0) is 11.2 Å². The number of nitrogens with one attached hydrogen (secondary N) is 1. The van der Waals surface area contributed by atoms with Crippen LogP contribution < -0.4 is 5.48 Å². The average molecular weight is 435 g/mol. The van der Waals surface area contributed by atoms with Crippen molar-refractivity contribution in [2.75, 3.05) is 13.1 Å². The second-order valence-electron chi connectivity index (χ2n) is 7.93. The lowest BCUT2D eigenvalue weighted by molar-refractivity contribution is -0.142. The molecule has 9 nitrogen and oxygen atoms in total. The maximum atomic E-state index is 11.8. The summed E-state index contributed by atoms with van der Waals surface area (Å²) in [7, 11) is 0. The van der Waals surface area contributed by atoms with Crippen LogP contribution in [0.15, 0.2) is 60.8 Å². The average Bonchev–Trinajstić information content (AvgIpc) is 3.47. The molecule has 4 rings (SSSR count). The van der Waals surface area contributed by atoms with Gasteiger partial charge in [-0.15, -0.1) is 5.10 Å². The van der Waals surface area contributed by atoms with Crippen molar-refractivity contribution in [2.45, 2.75) is 31.3 Å². The Morgan fingerprint density at radius 1 is 1.09 bits per heavy atom. The summed E-state index contributed by atoms with van der Waals surface area (Å²) in [5, 5.41) is 26.9. The molecule has 1 amide bonds. The zero-order valence-electron chi connectivity index (χ0n) is 17.5. The standard InChI is InChI=1S/C23H25N5O4/c29-22(25-32)18-10-8-17(9-11-18)20-15-28(26-24-20)19-13-21(23(30)31)27(14-19)12-4-7-16-5-2-1-3-6-16/h1-3,5-6,8-11,15,19,21,32H,4,7,12-14H2,(H,25,29)(H,30,31)/t19-,21-/m0/s1. The number of aliphatic carboxylic acids is 1. The predicted molar refractivity (Wildman–Crippen MR) is 116 cm³/mol. The summed E-state index contributed by atoms with van der Waals surface area (Å²) in [6, 6.07) is 16.2. The second-order valence-corrected chi connectivity index (χ2v) is 7.93. The van der Waals surface area contributed by atoms with Crippen molar-refractivity contribution >= 4 is 11.9 Å². The van der Waals surface area contributed by atoms with Gasteiger partial charge in [0.05, 0.1) is 12.2 Å². The summed E-state index contributed by atoms with van der Waals surface area (Å²) >= 11 is 0. The van der Waals surface area contributed by atoms with Crippen molar-refractivity contribution in [2.24, 2.45) is 0 Å². The number of carboxylic acids is 1. The van der Waals surface area contributed by atoms with Crippen molar-refractivity contribution in [1.82, 2.24) is 25.4 Å². The Labute approximate surface area is 185 Å². The lowest BCUT2D eigenvalue weighted by Crippen LogP contribution is -2.36. The van der Waals surface area contributed by atoms with E-state index in [0.717, 1.165) is 18.4 Å². The Morgan fingerprint density at radius 2 is 1.84 bits per heavy atom. The van der Waals surface area contributed by atoms with Crippen LogP contribution >= 0.6 is 0 Å². The van der Waals surface area contributed by atoms with Gasteiger partial charge in [0.1, 0.15) is 11.7 Å². The number of aryl methyl sites for hydroxylation is 1. The maximum absolute atomic E-state index is 11.8. The molecule has 32 heavy (non-hydrogen) atoms. The molecule has 2 aromatic carbocycles. The van der Waals surface area contributed by atoms with Gasteiger partial charge in [0.25, 0.3) is 5.91 Å². The lowest BCUT2D eigenvalue weighted by Gasteiger charge is -2.20. The second kappa shape index (κ2) is 9.71. The van der Waals surface area contributed by atoms with Gasteiger partial charge >= 0.3 is 5.97 Å². The Morgan fingerprint density at radius 3 is 2.53 bits per heavy atom. The quantitative estimate of drug-likeness (QED) is 0.367. The van der Waals surface area contributed by atoms with Crippen LogP contribution in [0.4, 0.5) is 0 Å². The fraction of sp³-hybridized carbons (Fsp3) is 0.304. The molecular formula is C23H25N5O4. The van der Waals surface area contributed by atoms with Crippen LogP contribution in [0.3, 0.4) is 0 Å². The first-order chi connectivity index (χ1) is 15.5. The number of rotatable bonds is 8. The monoisotopic (exact) mass is 435 g/mol. The molecule has 0 bridgehead atoms. The minimum absolute atomic E-state index is 0.0754. The third-order valence-electron chi connectivity index (χ3n) is 5.85. The van der Waals surface area contributed by atoms with Gasteiger partial charge in [0.15, 0.2) is 0 Å². The normalized spacial score (nSPS) is 18.5. The highest BCUT2D eigenvalue weighted by Gasteiger charge is 2.37. The zero-order valence-corrected chi connectivity index (χ0v) is 17.5. The minimum atomic E-state index is -0.815. The Balaban J connectivity index is 1.41. The molecule has 1 aliphatic rings. The number of amides is 1. The van der Waals surface area contributed by atoms with Gasteiger partial charge < -0.3 is 5.11 Å². The minimum Gasteiger partial charge on any atom is -0.480 e. The highest BCUT2D eigenvalue weighted by atomic mass is 16.5. The number of hydrogen-bond donors (Lipinski definition) is 3. The molecule has 1 aromatic heterocycles. The van der Waals surface area contributed by atoms with E-state index in [4.69, 9.17) is 5.21 Å². The molecular weight excluding hydrogens is 410 g/mol. The summed E-state index contributed by atoms with van der Waals surface area (Å²) in [6.45, 7) is 1.31.